The second kappa shape index (κ2) is 14.6. The summed E-state index contributed by atoms with van der Waals surface area (Å²) < 4.78 is 5.24. The normalized spacial score (nSPS) is 18.9. The maximum atomic E-state index is 9.39. The summed E-state index contributed by atoms with van der Waals surface area (Å²) in [5.74, 6) is 0.545. The molecule has 22 heavy (non-hydrogen) atoms. The molecule has 0 radical (unpaired) electrons. The van der Waals surface area contributed by atoms with Gasteiger partial charge in [0.15, 0.2) is 0 Å². The van der Waals surface area contributed by atoms with Crippen molar-refractivity contribution in [1.82, 2.24) is 0 Å². The van der Waals surface area contributed by atoms with Crippen molar-refractivity contribution in [1.29, 1.82) is 0 Å². The third-order valence-electron chi connectivity index (χ3n) is 3.27. The van der Waals surface area contributed by atoms with Crippen molar-refractivity contribution in [3.63, 3.8) is 0 Å². The Labute approximate surface area is 136 Å². The number of aliphatic hydroxyl groups excluding tert-OH is 1. The summed E-state index contributed by atoms with van der Waals surface area (Å²) in [6.07, 6.45) is 18.7. The molecule has 2 unspecified atom stereocenters. The lowest BCUT2D eigenvalue weighted by Crippen LogP contribution is -2.07. The average molecular weight is 304 g/mol. The minimum Gasteiger partial charge on any atom is -0.389 e. The summed E-state index contributed by atoms with van der Waals surface area (Å²) in [4.78, 5) is 0. The fourth-order valence-electron chi connectivity index (χ4n) is 2.03. The van der Waals surface area contributed by atoms with Gasteiger partial charge in [-0.15, -0.1) is 6.58 Å². The average Bonchev–Trinajstić information content (AvgIpc) is 2.55. The van der Waals surface area contributed by atoms with Crippen molar-refractivity contribution in [3.05, 3.63) is 60.8 Å². The van der Waals surface area contributed by atoms with Gasteiger partial charge < -0.3 is 9.84 Å². The van der Waals surface area contributed by atoms with Crippen LogP contribution < -0.4 is 0 Å². The van der Waals surface area contributed by atoms with Gasteiger partial charge in [0.25, 0.3) is 0 Å². The highest BCUT2D eigenvalue weighted by molar-refractivity contribution is 5.26. The van der Waals surface area contributed by atoms with Gasteiger partial charge in [-0.05, 0) is 30.8 Å². The summed E-state index contributed by atoms with van der Waals surface area (Å²) in [7, 11) is 0. The van der Waals surface area contributed by atoms with E-state index in [0.717, 1.165) is 19.3 Å². The van der Waals surface area contributed by atoms with Crippen molar-refractivity contribution in [2.24, 2.45) is 5.92 Å². The van der Waals surface area contributed by atoms with Gasteiger partial charge in [0.05, 0.1) is 19.3 Å². The van der Waals surface area contributed by atoms with E-state index in [9.17, 15) is 5.11 Å². The molecule has 1 aliphatic rings. The molecule has 0 amide bonds. The van der Waals surface area contributed by atoms with Gasteiger partial charge in [-0.3, -0.25) is 0 Å². The molecule has 0 saturated carbocycles. The summed E-state index contributed by atoms with van der Waals surface area (Å²) in [5.41, 5.74) is 1.34. The second-order valence-electron chi connectivity index (χ2n) is 5.03. The molecular weight excluding hydrogens is 272 g/mol. The molecule has 0 heterocycles. The van der Waals surface area contributed by atoms with Crippen LogP contribution in [0.25, 0.3) is 0 Å². The first kappa shape index (κ1) is 20.6. The van der Waals surface area contributed by atoms with Crippen LogP contribution >= 0.6 is 0 Å². The molecule has 0 saturated heterocycles. The monoisotopic (exact) mass is 304 g/mol. The zero-order chi connectivity index (χ0) is 16.6. The zero-order valence-electron chi connectivity index (χ0n) is 14.4. The minimum absolute atomic E-state index is 0.292. The van der Waals surface area contributed by atoms with Gasteiger partial charge in [-0.2, -0.15) is 0 Å². The van der Waals surface area contributed by atoms with Gasteiger partial charge in [-0.25, -0.2) is 0 Å². The Morgan fingerprint density at radius 2 is 2.05 bits per heavy atom. The van der Waals surface area contributed by atoms with Crippen LogP contribution in [0, 0.1) is 5.92 Å². The zero-order valence-corrected chi connectivity index (χ0v) is 14.4. The topological polar surface area (TPSA) is 29.5 Å². The maximum absolute atomic E-state index is 9.39. The second-order valence-corrected chi connectivity index (χ2v) is 5.03. The Morgan fingerprint density at radius 3 is 2.68 bits per heavy atom. The lowest BCUT2D eigenvalue weighted by Gasteiger charge is -2.16. The number of rotatable bonds is 9. The first-order chi connectivity index (χ1) is 10.7. The highest BCUT2D eigenvalue weighted by atomic mass is 16.5. The Kier molecular flexibility index (Phi) is 13.6. The van der Waals surface area contributed by atoms with Gasteiger partial charge in [-0.1, -0.05) is 69.4 Å². The molecule has 0 spiro atoms. The molecule has 2 atom stereocenters. The summed E-state index contributed by atoms with van der Waals surface area (Å²) in [5, 5.41) is 9.39. The van der Waals surface area contributed by atoms with Gasteiger partial charge in [0, 0.05) is 0 Å². The molecule has 0 aromatic heterocycles. The predicted molar refractivity (Wildman–Crippen MR) is 96.9 cm³/mol. The van der Waals surface area contributed by atoms with Crippen LogP contribution in [0.15, 0.2) is 60.8 Å². The Morgan fingerprint density at radius 1 is 1.32 bits per heavy atom. The largest absolute Gasteiger partial charge is 0.389 e. The smallest absolute Gasteiger partial charge is 0.0758 e. The first-order valence-electron chi connectivity index (χ1n) is 8.30. The molecule has 0 fully saturated rings. The third-order valence-corrected chi connectivity index (χ3v) is 3.27. The lowest BCUT2D eigenvalue weighted by molar-refractivity contribution is 0.194. The molecule has 1 rings (SSSR count). The first-order valence-corrected chi connectivity index (χ1v) is 8.30. The molecule has 124 valence electrons. The van der Waals surface area contributed by atoms with E-state index >= 15 is 0 Å². The third kappa shape index (κ3) is 10.4. The Balaban J connectivity index is 0.00000211. The highest BCUT2D eigenvalue weighted by Gasteiger charge is 2.10. The maximum Gasteiger partial charge on any atom is 0.0758 e. The van der Waals surface area contributed by atoms with Crippen molar-refractivity contribution >= 4 is 0 Å². The highest BCUT2D eigenvalue weighted by Crippen LogP contribution is 2.22. The van der Waals surface area contributed by atoms with Crippen LogP contribution in [0.1, 0.15) is 40.0 Å². The molecule has 0 aromatic rings. The standard InChI is InChI=1S/C18H26O2.C2H6/c1-3-14-20-15-8-6-4-5-7-9-16(2)17-10-12-18(19)13-11-17;1-2/h3-6,8,10-12,16,18-19H,1,7,9,13-15H2,2H3;1-2H3/b5-4-,8-6-;. The summed E-state index contributed by atoms with van der Waals surface area (Å²) >= 11 is 0. The number of hydrogen-bond donors (Lipinski definition) is 1. The number of hydrogen-bond acceptors (Lipinski definition) is 2. The van der Waals surface area contributed by atoms with E-state index in [2.05, 4.69) is 37.8 Å². The van der Waals surface area contributed by atoms with Crippen LogP contribution in [0.4, 0.5) is 0 Å². The van der Waals surface area contributed by atoms with E-state index in [0.29, 0.717) is 19.1 Å². The number of allylic oxidation sites excluding steroid dienone is 5. The number of ether oxygens (including phenoxy) is 1. The van der Waals surface area contributed by atoms with Crippen molar-refractivity contribution < 1.29 is 9.84 Å². The molecule has 0 aliphatic heterocycles. The van der Waals surface area contributed by atoms with Crippen molar-refractivity contribution in [3.8, 4) is 0 Å². The van der Waals surface area contributed by atoms with E-state index in [1.165, 1.54) is 5.57 Å². The minimum atomic E-state index is -0.292. The van der Waals surface area contributed by atoms with Gasteiger partial charge in [0.2, 0.25) is 0 Å². The molecule has 1 aliphatic carbocycles. The van der Waals surface area contributed by atoms with E-state index in [1.807, 2.05) is 32.1 Å². The lowest BCUT2D eigenvalue weighted by atomic mass is 9.91. The fourth-order valence-corrected chi connectivity index (χ4v) is 2.03. The SMILES string of the molecule is C=CCOC/C=C\C=C/CCC(C)C1=CCC(O)C=C1.CC. The van der Waals surface area contributed by atoms with Crippen molar-refractivity contribution in [2.75, 3.05) is 13.2 Å². The van der Waals surface area contributed by atoms with E-state index < -0.39 is 0 Å². The van der Waals surface area contributed by atoms with Gasteiger partial charge in [0.1, 0.15) is 0 Å². The van der Waals surface area contributed by atoms with Crippen LogP contribution in [0.5, 0.6) is 0 Å². The Hall–Kier alpha value is -1.38. The fraction of sp³-hybridized carbons (Fsp3) is 0.500. The van der Waals surface area contributed by atoms with E-state index in [-0.39, 0.29) is 6.10 Å². The van der Waals surface area contributed by atoms with Crippen LogP contribution in [-0.4, -0.2) is 24.4 Å². The molecule has 2 heteroatoms. The quantitative estimate of drug-likeness (QED) is 0.369. The predicted octanol–water partition coefficient (Wildman–Crippen LogP) is 4.99. The molecule has 0 bridgehead atoms. The van der Waals surface area contributed by atoms with Gasteiger partial charge >= 0.3 is 0 Å². The summed E-state index contributed by atoms with van der Waals surface area (Å²) in [6.45, 7) is 11.1. The van der Waals surface area contributed by atoms with Crippen LogP contribution in [-0.2, 0) is 4.74 Å². The van der Waals surface area contributed by atoms with Crippen LogP contribution in [0.2, 0.25) is 0 Å². The molecule has 2 nitrogen and oxygen atoms in total. The van der Waals surface area contributed by atoms with E-state index in [1.54, 1.807) is 6.08 Å². The van der Waals surface area contributed by atoms with E-state index in [4.69, 9.17) is 4.74 Å². The van der Waals surface area contributed by atoms with Crippen molar-refractivity contribution in [2.45, 2.75) is 46.1 Å². The molecular formula is C20H32O2. The molecule has 0 aromatic carbocycles. The number of aliphatic hydroxyl groups is 1. The molecule has 1 N–H and O–H groups in total. The summed E-state index contributed by atoms with van der Waals surface area (Å²) in [6, 6.07) is 0. The Bertz CT molecular complexity index is 389. The van der Waals surface area contributed by atoms with Crippen LogP contribution in [0.3, 0.4) is 0 Å².